The maximum Gasteiger partial charge on any atom is 0.241 e. The second kappa shape index (κ2) is 5.62. The Bertz CT molecular complexity index is 441. The minimum Gasteiger partial charge on any atom is -0.366 e. The third-order valence-electron chi connectivity index (χ3n) is 3.04. The molecule has 0 bridgehead atoms. The second-order valence-corrected chi connectivity index (χ2v) is 4.75. The Morgan fingerprint density at radius 1 is 1.50 bits per heavy atom. The quantitative estimate of drug-likeness (QED) is 0.814. The second-order valence-electron chi connectivity index (χ2n) is 4.75. The number of hydrogen-bond donors (Lipinski definition) is 1. The lowest BCUT2D eigenvalue weighted by atomic mass is 10.0. The lowest BCUT2D eigenvalue weighted by Gasteiger charge is -2.30. The summed E-state index contributed by atoms with van der Waals surface area (Å²) in [5.41, 5.74) is 5.81. The van der Waals surface area contributed by atoms with Crippen LogP contribution in [0.5, 0.6) is 0 Å². The maximum absolute atomic E-state index is 10.6. The maximum atomic E-state index is 10.6. The van der Waals surface area contributed by atoms with Crippen LogP contribution in [0.25, 0.3) is 6.08 Å². The molecule has 0 aromatic carbocycles. The van der Waals surface area contributed by atoms with Gasteiger partial charge in [0.15, 0.2) is 0 Å². The summed E-state index contributed by atoms with van der Waals surface area (Å²) >= 11 is 0. The Hall–Kier alpha value is -1.91. The summed E-state index contributed by atoms with van der Waals surface area (Å²) < 4.78 is 0. The summed E-state index contributed by atoms with van der Waals surface area (Å²) in [7, 11) is 0. The minimum absolute atomic E-state index is 0.469. The number of primary amides is 1. The molecule has 1 amide bonds. The van der Waals surface area contributed by atoms with Gasteiger partial charge in [0.05, 0.1) is 0 Å². The molecule has 2 heterocycles. The van der Waals surface area contributed by atoms with Crippen molar-refractivity contribution >= 4 is 17.9 Å². The molecule has 1 saturated heterocycles. The van der Waals surface area contributed by atoms with Crippen molar-refractivity contribution in [3.8, 4) is 0 Å². The van der Waals surface area contributed by atoms with Gasteiger partial charge in [-0.1, -0.05) is 6.92 Å². The van der Waals surface area contributed by atoms with Crippen LogP contribution in [-0.2, 0) is 4.79 Å². The van der Waals surface area contributed by atoms with Gasteiger partial charge < -0.3 is 10.6 Å². The number of carbonyl (C=O) groups is 1. The molecule has 1 aromatic heterocycles. The number of aromatic nitrogens is 2. The predicted molar refractivity (Wildman–Crippen MR) is 70.9 cm³/mol. The van der Waals surface area contributed by atoms with Gasteiger partial charge >= 0.3 is 0 Å². The van der Waals surface area contributed by atoms with Crippen molar-refractivity contribution in [2.75, 3.05) is 18.0 Å². The summed E-state index contributed by atoms with van der Waals surface area (Å²) in [6, 6.07) is 0. The zero-order valence-electron chi connectivity index (χ0n) is 10.5. The van der Waals surface area contributed by atoms with E-state index < -0.39 is 5.91 Å². The summed E-state index contributed by atoms with van der Waals surface area (Å²) in [6.07, 6.45) is 8.80. The van der Waals surface area contributed by atoms with Gasteiger partial charge in [0.25, 0.3) is 0 Å². The molecule has 96 valence electrons. The topological polar surface area (TPSA) is 72.1 Å². The van der Waals surface area contributed by atoms with Gasteiger partial charge in [-0.05, 0) is 24.8 Å². The van der Waals surface area contributed by atoms with E-state index in [4.69, 9.17) is 5.73 Å². The van der Waals surface area contributed by atoms with Crippen LogP contribution < -0.4 is 10.6 Å². The number of anilines is 1. The predicted octanol–water partition coefficient (Wildman–Crippen LogP) is 1.21. The number of nitrogens with two attached hydrogens (primary N) is 1. The molecule has 18 heavy (non-hydrogen) atoms. The Labute approximate surface area is 107 Å². The lowest BCUT2D eigenvalue weighted by Crippen LogP contribution is -2.35. The number of amides is 1. The first-order valence-corrected chi connectivity index (χ1v) is 6.19. The molecule has 5 heteroatoms. The molecule has 0 aliphatic carbocycles. The number of nitrogens with zero attached hydrogens (tertiary/aromatic N) is 3. The SMILES string of the molecule is CC1CCCN(c2ncc(/C=C/C(N)=O)cn2)C1. The van der Waals surface area contributed by atoms with E-state index in [0.717, 1.165) is 24.6 Å². The molecule has 0 radical (unpaired) electrons. The molecule has 2 N–H and O–H groups in total. The smallest absolute Gasteiger partial charge is 0.241 e. The van der Waals surface area contributed by atoms with Gasteiger partial charge in [-0.3, -0.25) is 4.79 Å². The first-order valence-electron chi connectivity index (χ1n) is 6.19. The van der Waals surface area contributed by atoms with E-state index in [1.807, 2.05) is 0 Å². The van der Waals surface area contributed by atoms with E-state index in [9.17, 15) is 4.79 Å². The van der Waals surface area contributed by atoms with Crippen molar-refractivity contribution in [3.05, 3.63) is 24.0 Å². The highest BCUT2D eigenvalue weighted by Gasteiger charge is 2.18. The van der Waals surface area contributed by atoms with E-state index in [-0.39, 0.29) is 0 Å². The first kappa shape index (κ1) is 12.5. The fourth-order valence-corrected chi connectivity index (χ4v) is 2.13. The zero-order chi connectivity index (χ0) is 13.0. The molecule has 1 aliphatic heterocycles. The summed E-state index contributed by atoms with van der Waals surface area (Å²) in [5, 5.41) is 0. The normalized spacial score (nSPS) is 20.3. The van der Waals surface area contributed by atoms with Crippen molar-refractivity contribution in [3.63, 3.8) is 0 Å². The average Bonchev–Trinajstić information content (AvgIpc) is 2.37. The number of carbonyl (C=O) groups excluding carboxylic acids is 1. The van der Waals surface area contributed by atoms with Crippen LogP contribution >= 0.6 is 0 Å². The van der Waals surface area contributed by atoms with Gasteiger partial charge in [0.2, 0.25) is 11.9 Å². The highest BCUT2D eigenvalue weighted by atomic mass is 16.1. The molecule has 0 saturated carbocycles. The standard InChI is InChI=1S/C13H18N4O/c1-10-3-2-6-17(9-10)13-15-7-11(8-16-13)4-5-12(14)18/h4-5,7-8,10H,2-3,6,9H2,1H3,(H2,14,18)/b5-4+. The van der Waals surface area contributed by atoms with Crippen LogP contribution in [0.2, 0.25) is 0 Å². The van der Waals surface area contributed by atoms with E-state index in [0.29, 0.717) is 5.92 Å². The van der Waals surface area contributed by atoms with Crippen LogP contribution in [0, 0.1) is 5.92 Å². The molecular weight excluding hydrogens is 228 g/mol. The van der Waals surface area contributed by atoms with E-state index >= 15 is 0 Å². The first-order chi connectivity index (χ1) is 8.65. The average molecular weight is 246 g/mol. The molecule has 5 nitrogen and oxygen atoms in total. The Morgan fingerprint density at radius 3 is 2.83 bits per heavy atom. The van der Waals surface area contributed by atoms with E-state index in [1.54, 1.807) is 18.5 Å². The molecular formula is C13H18N4O. The fourth-order valence-electron chi connectivity index (χ4n) is 2.13. The van der Waals surface area contributed by atoms with Gasteiger partial charge in [0.1, 0.15) is 0 Å². The largest absolute Gasteiger partial charge is 0.366 e. The third kappa shape index (κ3) is 3.29. The highest BCUT2D eigenvalue weighted by Crippen LogP contribution is 2.19. The van der Waals surface area contributed by atoms with Crippen molar-refractivity contribution in [2.24, 2.45) is 11.7 Å². The van der Waals surface area contributed by atoms with Crippen LogP contribution in [0.4, 0.5) is 5.95 Å². The van der Waals surface area contributed by atoms with Gasteiger partial charge in [-0.15, -0.1) is 0 Å². The van der Waals surface area contributed by atoms with Gasteiger partial charge in [-0.25, -0.2) is 9.97 Å². The monoisotopic (exact) mass is 246 g/mol. The van der Waals surface area contributed by atoms with Crippen LogP contribution in [0.1, 0.15) is 25.3 Å². The molecule has 1 atom stereocenters. The highest BCUT2D eigenvalue weighted by molar-refractivity contribution is 5.90. The molecule has 2 rings (SSSR count). The van der Waals surface area contributed by atoms with Crippen LogP contribution in [0.3, 0.4) is 0 Å². The van der Waals surface area contributed by atoms with Crippen LogP contribution in [-0.4, -0.2) is 29.0 Å². The molecule has 1 aromatic rings. The number of rotatable bonds is 3. The van der Waals surface area contributed by atoms with Crippen molar-refractivity contribution < 1.29 is 4.79 Å². The lowest BCUT2D eigenvalue weighted by molar-refractivity contribution is -0.113. The summed E-state index contributed by atoms with van der Waals surface area (Å²) in [4.78, 5) is 21.5. The van der Waals surface area contributed by atoms with Gasteiger partial charge in [-0.2, -0.15) is 0 Å². The fraction of sp³-hybridized carbons (Fsp3) is 0.462. The molecule has 0 spiro atoms. The molecule has 1 fully saturated rings. The van der Waals surface area contributed by atoms with Crippen molar-refractivity contribution in [2.45, 2.75) is 19.8 Å². The Balaban J connectivity index is 2.05. The number of piperidine rings is 1. The van der Waals surface area contributed by atoms with Crippen LogP contribution in [0.15, 0.2) is 18.5 Å². The summed E-state index contributed by atoms with van der Waals surface area (Å²) in [6.45, 7) is 4.27. The number of hydrogen-bond acceptors (Lipinski definition) is 4. The molecule has 1 unspecified atom stereocenters. The summed E-state index contributed by atoms with van der Waals surface area (Å²) in [5.74, 6) is 0.985. The minimum atomic E-state index is -0.469. The Morgan fingerprint density at radius 2 is 2.22 bits per heavy atom. The van der Waals surface area contributed by atoms with Gasteiger partial charge in [0, 0.05) is 37.1 Å². The molecule has 1 aliphatic rings. The third-order valence-corrected chi connectivity index (χ3v) is 3.04. The van der Waals surface area contributed by atoms with Crippen molar-refractivity contribution in [1.82, 2.24) is 9.97 Å². The zero-order valence-corrected chi connectivity index (χ0v) is 10.5. The van der Waals surface area contributed by atoms with E-state index in [2.05, 4.69) is 21.8 Å². The Kier molecular flexibility index (Phi) is 3.92. The van der Waals surface area contributed by atoms with E-state index in [1.165, 1.54) is 18.9 Å². The van der Waals surface area contributed by atoms with Crippen molar-refractivity contribution in [1.29, 1.82) is 0 Å².